The Balaban J connectivity index is 3.16. The van der Waals surface area contributed by atoms with Crippen LogP contribution in [0.5, 0.6) is 5.88 Å². The highest BCUT2D eigenvalue weighted by atomic mass is 16.5. The zero-order valence-corrected chi connectivity index (χ0v) is 7.72. The third kappa shape index (κ3) is 1.56. The first-order chi connectivity index (χ1) is 5.69. The lowest BCUT2D eigenvalue weighted by molar-refractivity contribution is 0.393. The molecule has 0 amide bonds. The third-order valence-corrected chi connectivity index (χ3v) is 1.88. The molecule has 0 spiro atoms. The van der Waals surface area contributed by atoms with Crippen molar-refractivity contribution in [2.45, 2.75) is 20.4 Å². The fourth-order valence-corrected chi connectivity index (χ4v) is 1.15. The van der Waals surface area contributed by atoms with E-state index in [9.17, 15) is 0 Å². The van der Waals surface area contributed by atoms with Gasteiger partial charge < -0.3 is 10.5 Å². The summed E-state index contributed by atoms with van der Waals surface area (Å²) in [6.45, 7) is 4.43. The molecule has 3 nitrogen and oxygen atoms in total. The van der Waals surface area contributed by atoms with E-state index in [1.165, 1.54) is 0 Å². The minimum atomic E-state index is 0.531. The summed E-state index contributed by atoms with van der Waals surface area (Å²) in [5.41, 5.74) is 8.58. The molecule has 3 heteroatoms. The monoisotopic (exact) mass is 166 g/mol. The summed E-state index contributed by atoms with van der Waals surface area (Å²) in [7, 11) is 1.62. The Bertz CT molecular complexity index is 254. The number of rotatable bonds is 2. The fraction of sp³-hybridized carbons (Fsp3) is 0.444. The maximum Gasteiger partial charge on any atom is 0.216 e. The van der Waals surface area contributed by atoms with Crippen LogP contribution >= 0.6 is 0 Å². The van der Waals surface area contributed by atoms with Crippen molar-refractivity contribution in [1.29, 1.82) is 0 Å². The minimum absolute atomic E-state index is 0.531. The van der Waals surface area contributed by atoms with Crippen LogP contribution in [0.1, 0.15) is 16.8 Å². The Morgan fingerprint density at radius 1 is 1.50 bits per heavy atom. The first kappa shape index (κ1) is 9.00. The molecule has 66 valence electrons. The maximum atomic E-state index is 5.53. The van der Waals surface area contributed by atoms with E-state index < -0.39 is 0 Å². The van der Waals surface area contributed by atoms with Crippen molar-refractivity contribution in [3.8, 4) is 5.88 Å². The molecule has 0 aliphatic heterocycles. The van der Waals surface area contributed by atoms with Crippen LogP contribution in [0.3, 0.4) is 0 Å². The van der Waals surface area contributed by atoms with Gasteiger partial charge >= 0.3 is 0 Å². The first-order valence-corrected chi connectivity index (χ1v) is 3.90. The van der Waals surface area contributed by atoms with Crippen molar-refractivity contribution in [1.82, 2.24) is 4.98 Å². The summed E-state index contributed by atoms with van der Waals surface area (Å²) >= 11 is 0. The van der Waals surface area contributed by atoms with E-state index in [1.807, 2.05) is 19.9 Å². The molecule has 0 saturated carbocycles. The molecular formula is C9H14N2O. The average molecular weight is 166 g/mol. The second-order valence-electron chi connectivity index (χ2n) is 2.76. The average Bonchev–Trinajstić information content (AvgIpc) is 2.08. The second-order valence-corrected chi connectivity index (χ2v) is 2.76. The number of hydrogen-bond donors (Lipinski definition) is 1. The van der Waals surface area contributed by atoms with Gasteiger partial charge in [-0.1, -0.05) is 0 Å². The molecule has 1 aromatic rings. The highest BCUT2D eigenvalue weighted by Crippen LogP contribution is 2.17. The van der Waals surface area contributed by atoms with Crippen LogP contribution in [0.15, 0.2) is 6.07 Å². The number of nitrogens with two attached hydrogens (primary N) is 1. The quantitative estimate of drug-likeness (QED) is 0.717. The van der Waals surface area contributed by atoms with Gasteiger partial charge in [-0.05, 0) is 25.5 Å². The zero-order chi connectivity index (χ0) is 9.14. The van der Waals surface area contributed by atoms with Crippen molar-refractivity contribution in [2.75, 3.05) is 7.11 Å². The molecule has 0 atom stereocenters. The normalized spacial score (nSPS) is 10.0. The van der Waals surface area contributed by atoms with Crippen molar-refractivity contribution < 1.29 is 4.74 Å². The summed E-state index contributed by atoms with van der Waals surface area (Å²) in [6.07, 6.45) is 0. The molecule has 0 saturated heterocycles. The SMILES string of the molecule is COc1nc(C)c(CN)cc1C. The number of hydrogen-bond acceptors (Lipinski definition) is 3. The molecule has 0 fully saturated rings. The molecule has 1 aromatic heterocycles. The van der Waals surface area contributed by atoms with E-state index in [0.29, 0.717) is 12.4 Å². The molecule has 1 rings (SSSR count). The minimum Gasteiger partial charge on any atom is -0.481 e. The van der Waals surface area contributed by atoms with E-state index in [0.717, 1.165) is 16.8 Å². The Morgan fingerprint density at radius 2 is 2.17 bits per heavy atom. The lowest BCUT2D eigenvalue weighted by Gasteiger charge is -2.07. The van der Waals surface area contributed by atoms with Gasteiger partial charge in [-0.25, -0.2) is 4.98 Å². The van der Waals surface area contributed by atoms with Crippen LogP contribution in [-0.2, 0) is 6.54 Å². The van der Waals surface area contributed by atoms with Crippen molar-refractivity contribution in [3.05, 3.63) is 22.9 Å². The van der Waals surface area contributed by atoms with Gasteiger partial charge in [0.05, 0.1) is 7.11 Å². The Kier molecular flexibility index (Phi) is 2.65. The third-order valence-electron chi connectivity index (χ3n) is 1.88. The molecule has 0 radical (unpaired) electrons. The molecule has 1 heterocycles. The Labute approximate surface area is 72.6 Å². The Hall–Kier alpha value is -1.09. The van der Waals surface area contributed by atoms with Crippen LogP contribution in [0, 0.1) is 13.8 Å². The van der Waals surface area contributed by atoms with Gasteiger partial charge in [0, 0.05) is 17.8 Å². The van der Waals surface area contributed by atoms with Crippen molar-refractivity contribution >= 4 is 0 Å². The predicted molar refractivity (Wildman–Crippen MR) is 48.2 cm³/mol. The first-order valence-electron chi connectivity index (χ1n) is 3.90. The summed E-state index contributed by atoms with van der Waals surface area (Å²) in [6, 6.07) is 2.02. The molecule has 0 aromatic carbocycles. The highest BCUT2D eigenvalue weighted by molar-refractivity contribution is 5.32. The fourth-order valence-electron chi connectivity index (χ4n) is 1.15. The van der Waals surface area contributed by atoms with Crippen LogP contribution in [0.4, 0.5) is 0 Å². The Morgan fingerprint density at radius 3 is 2.67 bits per heavy atom. The molecule has 0 aliphatic rings. The topological polar surface area (TPSA) is 48.1 Å². The van der Waals surface area contributed by atoms with Crippen LogP contribution in [-0.4, -0.2) is 12.1 Å². The molecular weight excluding hydrogens is 152 g/mol. The predicted octanol–water partition coefficient (Wildman–Crippen LogP) is 1.17. The van der Waals surface area contributed by atoms with Gasteiger partial charge in [-0.15, -0.1) is 0 Å². The highest BCUT2D eigenvalue weighted by Gasteiger charge is 2.04. The number of aromatic nitrogens is 1. The molecule has 0 bridgehead atoms. The van der Waals surface area contributed by atoms with Crippen LogP contribution < -0.4 is 10.5 Å². The largest absolute Gasteiger partial charge is 0.481 e. The van der Waals surface area contributed by atoms with Gasteiger partial charge in [0.15, 0.2) is 0 Å². The zero-order valence-electron chi connectivity index (χ0n) is 7.72. The lowest BCUT2D eigenvalue weighted by atomic mass is 10.1. The van der Waals surface area contributed by atoms with Crippen LogP contribution in [0.25, 0.3) is 0 Å². The number of nitrogens with zero attached hydrogens (tertiary/aromatic N) is 1. The summed E-state index contributed by atoms with van der Waals surface area (Å²) in [4.78, 5) is 4.26. The number of ether oxygens (including phenoxy) is 1. The van der Waals surface area contributed by atoms with E-state index in [4.69, 9.17) is 10.5 Å². The van der Waals surface area contributed by atoms with E-state index >= 15 is 0 Å². The molecule has 0 unspecified atom stereocenters. The number of pyridine rings is 1. The van der Waals surface area contributed by atoms with E-state index in [2.05, 4.69) is 4.98 Å². The van der Waals surface area contributed by atoms with Crippen molar-refractivity contribution in [2.24, 2.45) is 5.73 Å². The van der Waals surface area contributed by atoms with Gasteiger partial charge in [-0.3, -0.25) is 0 Å². The van der Waals surface area contributed by atoms with Crippen LogP contribution in [0.2, 0.25) is 0 Å². The summed E-state index contributed by atoms with van der Waals surface area (Å²) in [5, 5.41) is 0. The van der Waals surface area contributed by atoms with Gasteiger partial charge in [0.2, 0.25) is 5.88 Å². The molecule has 0 aliphatic carbocycles. The number of methoxy groups -OCH3 is 1. The number of aryl methyl sites for hydroxylation is 2. The van der Waals surface area contributed by atoms with E-state index in [-0.39, 0.29) is 0 Å². The standard InChI is InChI=1S/C9H14N2O/c1-6-4-8(5-10)7(2)11-9(6)12-3/h4H,5,10H2,1-3H3. The second kappa shape index (κ2) is 3.54. The smallest absolute Gasteiger partial charge is 0.216 e. The molecule has 2 N–H and O–H groups in total. The van der Waals surface area contributed by atoms with E-state index in [1.54, 1.807) is 7.11 Å². The molecule has 12 heavy (non-hydrogen) atoms. The van der Waals surface area contributed by atoms with Crippen molar-refractivity contribution in [3.63, 3.8) is 0 Å². The van der Waals surface area contributed by atoms with Gasteiger partial charge in [0.1, 0.15) is 0 Å². The summed E-state index contributed by atoms with van der Waals surface area (Å²) < 4.78 is 5.07. The van der Waals surface area contributed by atoms with Gasteiger partial charge in [-0.2, -0.15) is 0 Å². The lowest BCUT2D eigenvalue weighted by Crippen LogP contribution is -2.03. The maximum absolute atomic E-state index is 5.53. The summed E-state index contributed by atoms with van der Waals surface area (Å²) in [5.74, 6) is 0.685. The van der Waals surface area contributed by atoms with Gasteiger partial charge in [0.25, 0.3) is 0 Å².